The van der Waals surface area contributed by atoms with E-state index in [0.717, 1.165) is 18.5 Å². The fraction of sp³-hybridized carbons (Fsp3) is 0.250. The predicted molar refractivity (Wildman–Crippen MR) is 101 cm³/mol. The van der Waals surface area contributed by atoms with E-state index < -0.39 is 6.29 Å². The quantitative estimate of drug-likeness (QED) is 0.434. The Morgan fingerprint density at radius 2 is 2.04 bits per heavy atom. The third-order valence-electron chi connectivity index (χ3n) is 3.97. The van der Waals surface area contributed by atoms with E-state index in [9.17, 15) is 9.90 Å². The summed E-state index contributed by atoms with van der Waals surface area (Å²) in [5.74, 6) is 0.439. The maximum absolute atomic E-state index is 12.9. The number of rotatable bonds is 6. The van der Waals surface area contributed by atoms with Gasteiger partial charge in [0.15, 0.2) is 0 Å². The fourth-order valence-corrected chi connectivity index (χ4v) is 2.71. The molecule has 3 rings (SSSR count). The van der Waals surface area contributed by atoms with Crippen molar-refractivity contribution >= 4 is 23.1 Å². The van der Waals surface area contributed by atoms with Crippen molar-refractivity contribution in [3.63, 3.8) is 0 Å². The van der Waals surface area contributed by atoms with E-state index >= 15 is 0 Å². The summed E-state index contributed by atoms with van der Waals surface area (Å²) in [6.07, 6.45) is 2.65. The minimum Gasteiger partial charge on any atom is -0.508 e. The molecule has 26 heavy (non-hydrogen) atoms. The normalized spacial score (nSPS) is 17.7. The second kappa shape index (κ2) is 8.25. The third-order valence-corrected chi connectivity index (χ3v) is 4.20. The van der Waals surface area contributed by atoms with Crippen LogP contribution in [0, 0.1) is 0 Å². The highest BCUT2D eigenvalue weighted by Crippen LogP contribution is 2.33. The molecule has 2 aromatic carbocycles. The van der Waals surface area contributed by atoms with Crippen molar-refractivity contribution < 1.29 is 19.4 Å². The number of phenols is 1. The van der Waals surface area contributed by atoms with Crippen LogP contribution in [0.25, 0.3) is 0 Å². The number of fused-ring (bicyclic) bond motifs is 1. The van der Waals surface area contributed by atoms with Crippen molar-refractivity contribution in [3.8, 4) is 11.5 Å². The van der Waals surface area contributed by atoms with E-state index in [4.69, 9.17) is 21.1 Å². The van der Waals surface area contributed by atoms with Crippen LogP contribution in [0.15, 0.2) is 54.2 Å². The van der Waals surface area contributed by atoms with Gasteiger partial charge in [0.1, 0.15) is 11.5 Å². The fourth-order valence-electron chi connectivity index (χ4n) is 2.53. The van der Waals surface area contributed by atoms with Gasteiger partial charge in [-0.1, -0.05) is 24.9 Å². The molecule has 0 spiro atoms. The Bertz CT molecular complexity index is 817. The summed E-state index contributed by atoms with van der Waals surface area (Å²) in [5, 5.41) is 12.9. The lowest BCUT2D eigenvalue weighted by molar-refractivity contribution is -0.0570. The summed E-state index contributed by atoms with van der Waals surface area (Å²) in [4.78, 5) is 12.9. The van der Waals surface area contributed by atoms with Crippen molar-refractivity contribution in [2.24, 2.45) is 0 Å². The van der Waals surface area contributed by atoms with Crippen molar-refractivity contribution in [1.82, 2.24) is 0 Å². The average Bonchev–Trinajstić information content (AvgIpc) is 2.63. The molecule has 1 aliphatic heterocycles. The summed E-state index contributed by atoms with van der Waals surface area (Å²) in [6.45, 7) is 2.56. The van der Waals surface area contributed by atoms with Gasteiger partial charge in [-0.2, -0.15) is 0 Å². The molecule has 0 bridgehead atoms. The number of Topliss-reactive ketones (excluding diaryl/α,β-unsaturated/α-hetero) is 1. The lowest BCUT2D eigenvalue weighted by atomic mass is 10.00. The molecule has 0 saturated heterocycles. The Labute approximate surface area is 157 Å². The largest absolute Gasteiger partial charge is 0.508 e. The van der Waals surface area contributed by atoms with E-state index in [2.05, 4.69) is 12.2 Å². The summed E-state index contributed by atoms with van der Waals surface area (Å²) in [5.41, 5.74) is 1.50. The van der Waals surface area contributed by atoms with Gasteiger partial charge in [0.25, 0.3) is 0 Å². The number of hydrogen-bond acceptors (Lipinski definition) is 5. The molecule has 1 heterocycles. The number of ether oxygens (including phenoxy) is 2. The van der Waals surface area contributed by atoms with Crippen molar-refractivity contribution in [1.29, 1.82) is 0 Å². The molecule has 1 atom stereocenters. The third kappa shape index (κ3) is 4.18. The van der Waals surface area contributed by atoms with Crippen LogP contribution in [0.5, 0.6) is 11.5 Å². The van der Waals surface area contributed by atoms with Gasteiger partial charge in [0, 0.05) is 16.9 Å². The molecule has 2 aromatic rings. The van der Waals surface area contributed by atoms with Crippen LogP contribution in [0.3, 0.4) is 0 Å². The second-order valence-electron chi connectivity index (χ2n) is 5.93. The lowest BCUT2D eigenvalue weighted by Crippen LogP contribution is -2.33. The molecule has 0 aliphatic carbocycles. The molecule has 0 saturated carbocycles. The average molecular weight is 374 g/mol. The van der Waals surface area contributed by atoms with Gasteiger partial charge in [0.2, 0.25) is 12.1 Å². The Balaban J connectivity index is 1.87. The van der Waals surface area contributed by atoms with E-state index in [-0.39, 0.29) is 11.5 Å². The summed E-state index contributed by atoms with van der Waals surface area (Å²) in [6, 6.07) is 11.5. The van der Waals surface area contributed by atoms with E-state index in [1.54, 1.807) is 48.7 Å². The van der Waals surface area contributed by atoms with Crippen LogP contribution in [-0.2, 0) is 4.74 Å². The molecule has 0 fully saturated rings. The minimum atomic E-state index is -0.785. The van der Waals surface area contributed by atoms with Gasteiger partial charge in [0.05, 0.1) is 17.7 Å². The molecule has 0 radical (unpaired) electrons. The standard InChI is InChI=1S/C20H20ClNO4/c1-2-3-10-25-20-17(12-22-14-5-7-15(23)8-6-14)19(24)16-11-13(21)4-9-18(16)26-20/h4-9,11-12,20,22-23H,2-3,10H2,1H3/b17-12-/t20-/m1/s1. The molecule has 0 amide bonds. The van der Waals surface area contributed by atoms with Crippen molar-refractivity contribution in [2.45, 2.75) is 26.1 Å². The summed E-state index contributed by atoms with van der Waals surface area (Å²) >= 11 is 6.02. The Morgan fingerprint density at radius 1 is 1.27 bits per heavy atom. The van der Waals surface area contributed by atoms with Gasteiger partial charge in [-0.05, 0) is 48.9 Å². The summed E-state index contributed by atoms with van der Waals surface area (Å²) < 4.78 is 11.7. The lowest BCUT2D eigenvalue weighted by Gasteiger charge is -2.27. The number of benzene rings is 2. The first kappa shape index (κ1) is 18.3. The van der Waals surface area contributed by atoms with Gasteiger partial charge in [-0.25, -0.2) is 0 Å². The molecule has 2 N–H and O–H groups in total. The number of carbonyl (C=O) groups excluding carboxylic acids is 1. The molecule has 0 aromatic heterocycles. The first-order chi connectivity index (χ1) is 12.6. The number of unbranched alkanes of at least 4 members (excludes halogenated alkanes) is 1. The molecule has 6 heteroatoms. The molecular formula is C20H20ClNO4. The van der Waals surface area contributed by atoms with Crippen LogP contribution in [0.1, 0.15) is 30.1 Å². The van der Waals surface area contributed by atoms with Crippen LogP contribution < -0.4 is 10.1 Å². The van der Waals surface area contributed by atoms with E-state index in [1.165, 1.54) is 0 Å². The first-order valence-electron chi connectivity index (χ1n) is 8.46. The highest BCUT2D eigenvalue weighted by molar-refractivity contribution is 6.31. The predicted octanol–water partition coefficient (Wildman–Crippen LogP) is 4.76. The van der Waals surface area contributed by atoms with Crippen LogP contribution in [0.2, 0.25) is 5.02 Å². The zero-order chi connectivity index (χ0) is 18.5. The van der Waals surface area contributed by atoms with Gasteiger partial charge in [-0.15, -0.1) is 0 Å². The maximum Gasteiger partial charge on any atom is 0.232 e. The highest BCUT2D eigenvalue weighted by Gasteiger charge is 2.32. The topological polar surface area (TPSA) is 67.8 Å². The first-order valence-corrected chi connectivity index (χ1v) is 8.84. The van der Waals surface area contributed by atoms with Gasteiger partial charge in [-0.3, -0.25) is 4.79 Å². The van der Waals surface area contributed by atoms with Crippen LogP contribution in [0.4, 0.5) is 5.69 Å². The minimum absolute atomic E-state index is 0.171. The van der Waals surface area contributed by atoms with E-state index in [1.807, 2.05) is 0 Å². The second-order valence-corrected chi connectivity index (χ2v) is 6.37. The van der Waals surface area contributed by atoms with E-state index in [0.29, 0.717) is 28.5 Å². The number of nitrogens with one attached hydrogen (secondary N) is 1. The Hall–Kier alpha value is -2.50. The number of halogens is 1. The van der Waals surface area contributed by atoms with Gasteiger partial charge >= 0.3 is 0 Å². The Kier molecular flexibility index (Phi) is 5.81. The number of anilines is 1. The number of phenolic OH excluding ortho intramolecular Hbond substituents is 1. The SMILES string of the molecule is CCCCO[C@@H]1Oc2ccc(Cl)cc2C(=O)/C1=C/Nc1ccc(O)cc1. The number of ketones is 1. The number of hydrogen-bond donors (Lipinski definition) is 2. The molecule has 1 aliphatic rings. The van der Waals surface area contributed by atoms with Crippen molar-refractivity contribution in [3.05, 3.63) is 64.8 Å². The molecule has 5 nitrogen and oxygen atoms in total. The zero-order valence-corrected chi connectivity index (χ0v) is 15.1. The molecule has 0 unspecified atom stereocenters. The zero-order valence-electron chi connectivity index (χ0n) is 14.4. The number of carbonyl (C=O) groups is 1. The van der Waals surface area contributed by atoms with Crippen molar-refractivity contribution in [2.75, 3.05) is 11.9 Å². The summed E-state index contributed by atoms with van der Waals surface area (Å²) in [7, 11) is 0. The maximum atomic E-state index is 12.9. The molecule has 136 valence electrons. The van der Waals surface area contributed by atoms with Crippen LogP contribution in [-0.4, -0.2) is 23.8 Å². The Morgan fingerprint density at radius 3 is 2.77 bits per heavy atom. The highest BCUT2D eigenvalue weighted by atomic mass is 35.5. The molecular weight excluding hydrogens is 354 g/mol. The van der Waals surface area contributed by atoms with Gasteiger partial charge < -0.3 is 19.9 Å². The number of aromatic hydroxyl groups is 1. The van der Waals surface area contributed by atoms with Crippen LogP contribution >= 0.6 is 11.6 Å². The monoisotopic (exact) mass is 373 g/mol. The smallest absolute Gasteiger partial charge is 0.232 e.